The fourth-order valence-electron chi connectivity index (χ4n) is 1.77. The summed E-state index contributed by atoms with van der Waals surface area (Å²) in [7, 11) is 1.62. The summed E-state index contributed by atoms with van der Waals surface area (Å²) in [5, 5.41) is 3.10. The van der Waals surface area contributed by atoms with Gasteiger partial charge >= 0.3 is 0 Å². The molecule has 0 spiro atoms. The molecule has 0 aliphatic rings. The molecule has 1 aromatic heterocycles. The molecular weight excluding hydrogens is 216 g/mol. The molecule has 4 heteroatoms. The van der Waals surface area contributed by atoms with E-state index in [9.17, 15) is 4.79 Å². The highest BCUT2D eigenvalue weighted by molar-refractivity contribution is 5.36. The largest absolute Gasteiger partial charge is 0.497 e. The summed E-state index contributed by atoms with van der Waals surface area (Å²) in [6.45, 7) is 2.09. The Morgan fingerprint density at radius 2 is 2.00 bits per heavy atom. The van der Waals surface area contributed by atoms with Crippen LogP contribution in [0.25, 0.3) is 5.69 Å². The predicted octanol–water partition coefficient (Wildman–Crippen LogP) is 2.13. The van der Waals surface area contributed by atoms with Gasteiger partial charge in [-0.3, -0.25) is 9.89 Å². The Bertz CT molecular complexity index is 537. The van der Waals surface area contributed by atoms with Gasteiger partial charge in [-0.2, -0.15) is 0 Å². The van der Waals surface area contributed by atoms with E-state index in [1.165, 1.54) is 0 Å². The SMILES string of the molecule is CCCc1cc(=O)n(-c2ccc(OC)cc2)[nH]1. The molecule has 0 amide bonds. The molecule has 2 rings (SSSR count). The first-order chi connectivity index (χ1) is 8.24. The van der Waals surface area contributed by atoms with Crippen molar-refractivity contribution in [1.29, 1.82) is 0 Å². The number of H-pyrrole nitrogens is 1. The molecule has 0 aliphatic heterocycles. The van der Waals surface area contributed by atoms with E-state index < -0.39 is 0 Å². The van der Waals surface area contributed by atoms with Gasteiger partial charge in [-0.05, 0) is 30.7 Å². The summed E-state index contributed by atoms with van der Waals surface area (Å²) in [6, 6.07) is 9.02. The van der Waals surface area contributed by atoms with Crippen molar-refractivity contribution >= 4 is 0 Å². The van der Waals surface area contributed by atoms with Crippen LogP contribution in [-0.4, -0.2) is 16.9 Å². The van der Waals surface area contributed by atoms with Crippen LogP contribution in [0.5, 0.6) is 5.75 Å². The molecule has 1 N–H and O–H groups in total. The zero-order valence-electron chi connectivity index (χ0n) is 10.1. The molecule has 90 valence electrons. The molecule has 17 heavy (non-hydrogen) atoms. The second-order valence-corrected chi connectivity index (χ2v) is 3.90. The van der Waals surface area contributed by atoms with E-state index in [1.54, 1.807) is 17.9 Å². The van der Waals surface area contributed by atoms with Crippen LogP contribution in [0, 0.1) is 0 Å². The van der Waals surface area contributed by atoms with Crippen LogP contribution in [0.2, 0.25) is 0 Å². The second-order valence-electron chi connectivity index (χ2n) is 3.90. The third-order valence-corrected chi connectivity index (χ3v) is 2.62. The Morgan fingerprint density at radius 1 is 1.29 bits per heavy atom. The van der Waals surface area contributed by atoms with Gasteiger partial charge in [-0.15, -0.1) is 0 Å². The molecule has 0 saturated carbocycles. The average Bonchev–Trinajstić information content (AvgIpc) is 2.71. The van der Waals surface area contributed by atoms with Crippen molar-refractivity contribution in [1.82, 2.24) is 9.78 Å². The molecule has 1 heterocycles. The lowest BCUT2D eigenvalue weighted by molar-refractivity contribution is 0.414. The quantitative estimate of drug-likeness (QED) is 0.877. The second kappa shape index (κ2) is 4.91. The number of benzene rings is 1. The molecule has 0 fully saturated rings. The monoisotopic (exact) mass is 232 g/mol. The Hall–Kier alpha value is -1.97. The molecule has 0 unspecified atom stereocenters. The van der Waals surface area contributed by atoms with Crippen molar-refractivity contribution < 1.29 is 4.74 Å². The van der Waals surface area contributed by atoms with Crippen LogP contribution in [0.4, 0.5) is 0 Å². The first kappa shape index (κ1) is 11.5. The normalized spacial score (nSPS) is 10.5. The van der Waals surface area contributed by atoms with Crippen LogP contribution >= 0.6 is 0 Å². The summed E-state index contributed by atoms with van der Waals surface area (Å²) < 4.78 is 6.63. The fourth-order valence-corrected chi connectivity index (χ4v) is 1.77. The maximum absolute atomic E-state index is 11.8. The van der Waals surface area contributed by atoms with E-state index in [4.69, 9.17) is 4.74 Å². The number of aromatic nitrogens is 2. The van der Waals surface area contributed by atoms with Crippen LogP contribution in [0.15, 0.2) is 35.1 Å². The first-order valence-corrected chi connectivity index (χ1v) is 5.70. The third kappa shape index (κ3) is 2.41. The van der Waals surface area contributed by atoms with Gasteiger partial charge in [-0.1, -0.05) is 13.3 Å². The predicted molar refractivity (Wildman–Crippen MR) is 66.9 cm³/mol. The Labute approximate surface area is 99.8 Å². The molecular formula is C13H16N2O2. The Kier molecular flexibility index (Phi) is 3.32. The summed E-state index contributed by atoms with van der Waals surface area (Å²) in [6.07, 6.45) is 1.90. The standard InChI is InChI=1S/C13H16N2O2/c1-3-4-10-9-13(16)15(14-10)11-5-7-12(17-2)8-6-11/h5-9,14H,3-4H2,1-2H3. The number of aromatic amines is 1. The van der Waals surface area contributed by atoms with Gasteiger partial charge in [0.2, 0.25) is 0 Å². The van der Waals surface area contributed by atoms with Gasteiger partial charge in [0.05, 0.1) is 12.8 Å². The number of hydrogen-bond acceptors (Lipinski definition) is 2. The van der Waals surface area contributed by atoms with E-state index in [0.717, 1.165) is 30.0 Å². The molecule has 0 aliphatic carbocycles. The van der Waals surface area contributed by atoms with Gasteiger partial charge in [0.1, 0.15) is 5.75 Å². The molecule has 1 aromatic carbocycles. The summed E-state index contributed by atoms with van der Waals surface area (Å²) in [5.74, 6) is 0.780. The minimum Gasteiger partial charge on any atom is -0.497 e. The Balaban J connectivity index is 2.35. The maximum Gasteiger partial charge on any atom is 0.271 e. The third-order valence-electron chi connectivity index (χ3n) is 2.62. The van der Waals surface area contributed by atoms with Gasteiger partial charge in [0.25, 0.3) is 5.56 Å². The molecule has 2 aromatic rings. The number of nitrogens with zero attached hydrogens (tertiary/aromatic N) is 1. The number of methoxy groups -OCH3 is 1. The van der Waals surface area contributed by atoms with Crippen LogP contribution in [0.1, 0.15) is 19.0 Å². The van der Waals surface area contributed by atoms with Gasteiger partial charge < -0.3 is 4.74 Å². The van der Waals surface area contributed by atoms with E-state index in [2.05, 4.69) is 12.0 Å². The zero-order chi connectivity index (χ0) is 12.3. The van der Waals surface area contributed by atoms with Gasteiger partial charge in [0, 0.05) is 11.8 Å². The topological polar surface area (TPSA) is 47.0 Å². The number of nitrogens with one attached hydrogen (secondary N) is 1. The highest BCUT2D eigenvalue weighted by atomic mass is 16.5. The lowest BCUT2D eigenvalue weighted by Crippen LogP contribution is -2.13. The smallest absolute Gasteiger partial charge is 0.271 e. The van der Waals surface area contributed by atoms with Gasteiger partial charge in [0.15, 0.2) is 0 Å². The molecule has 0 saturated heterocycles. The van der Waals surface area contributed by atoms with E-state index in [-0.39, 0.29) is 5.56 Å². The molecule has 0 bridgehead atoms. The molecule has 0 radical (unpaired) electrons. The summed E-state index contributed by atoms with van der Waals surface area (Å²) in [5.41, 5.74) is 1.75. The fraction of sp³-hybridized carbons (Fsp3) is 0.308. The number of rotatable bonds is 4. The van der Waals surface area contributed by atoms with Crippen molar-refractivity contribution in [3.05, 3.63) is 46.4 Å². The Morgan fingerprint density at radius 3 is 2.59 bits per heavy atom. The number of hydrogen-bond donors (Lipinski definition) is 1. The van der Waals surface area contributed by atoms with Crippen LogP contribution in [0.3, 0.4) is 0 Å². The van der Waals surface area contributed by atoms with E-state index >= 15 is 0 Å². The van der Waals surface area contributed by atoms with Crippen LogP contribution < -0.4 is 10.3 Å². The van der Waals surface area contributed by atoms with Crippen molar-refractivity contribution in [2.75, 3.05) is 7.11 Å². The van der Waals surface area contributed by atoms with Crippen molar-refractivity contribution in [3.63, 3.8) is 0 Å². The summed E-state index contributed by atoms with van der Waals surface area (Å²) in [4.78, 5) is 11.8. The molecule has 0 atom stereocenters. The van der Waals surface area contributed by atoms with E-state index in [0.29, 0.717) is 0 Å². The average molecular weight is 232 g/mol. The lowest BCUT2D eigenvalue weighted by Gasteiger charge is -2.03. The minimum atomic E-state index is -0.0291. The number of ether oxygens (including phenoxy) is 1. The number of aryl methyl sites for hydroxylation is 1. The maximum atomic E-state index is 11.8. The van der Waals surface area contributed by atoms with E-state index in [1.807, 2.05) is 24.3 Å². The minimum absolute atomic E-state index is 0.0291. The van der Waals surface area contributed by atoms with Gasteiger partial charge in [-0.25, -0.2) is 4.68 Å². The zero-order valence-corrected chi connectivity index (χ0v) is 10.1. The highest BCUT2D eigenvalue weighted by Gasteiger charge is 2.04. The summed E-state index contributed by atoms with van der Waals surface area (Å²) >= 11 is 0. The van der Waals surface area contributed by atoms with Crippen LogP contribution in [-0.2, 0) is 6.42 Å². The highest BCUT2D eigenvalue weighted by Crippen LogP contribution is 2.13. The van der Waals surface area contributed by atoms with Crippen molar-refractivity contribution in [2.24, 2.45) is 0 Å². The van der Waals surface area contributed by atoms with Crippen molar-refractivity contribution in [2.45, 2.75) is 19.8 Å². The molecule has 4 nitrogen and oxygen atoms in total. The lowest BCUT2D eigenvalue weighted by atomic mass is 10.3. The van der Waals surface area contributed by atoms with Crippen molar-refractivity contribution in [3.8, 4) is 11.4 Å². The first-order valence-electron chi connectivity index (χ1n) is 5.70.